The van der Waals surface area contributed by atoms with E-state index in [1.165, 1.54) is 11.1 Å². The van der Waals surface area contributed by atoms with E-state index in [9.17, 15) is 0 Å². The molecule has 0 aliphatic carbocycles. The van der Waals surface area contributed by atoms with E-state index in [-0.39, 0.29) is 5.60 Å². The third kappa shape index (κ3) is 1.40. The summed E-state index contributed by atoms with van der Waals surface area (Å²) in [6.07, 6.45) is 0.952. The summed E-state index contributed by atoms with van der Waals surface area (Å²) in [5.74, 6) is 1.02. The molecule has 0 radical (unpaired) electrons. The molecule has 2 aromatic carbocycles. The highest BCUT2D eigenvalue weighted by molar-refractivity contribution is 5.41. The molecule has 16 heavy (non-hydrogen) atoms. The summed E-state index contributed by atoms with van der Waals surface area (Å²) >= 11 is 0. The Labute approximate surface area is 95.7 Å². The van der Waals surface area contributed by atoms with Gasteiger partial charge in [-0.2, -0.15) is 0 Å². The molecule has 0 aromatic heterocycles. The van der Waals surface area contributed by atoms with Gasteiger partial charge in [0, 0.05) is 6.42 Å². The summed E-state index contributed by atoms with van der Waals surface area (Å²) in [7, 11) is 0. The standard InChI is InChI=1S/C15H14O/c1-15(13-8-3-2-4-9-13)11-12-7-5-6-10-14(12)16-15/h2-10H,11H2,1H3. The summed E-state index contributed by atoms with van der Waals surface area (Å²) in [5, 5.41) is 0. The molecule has 3 rings (SSSR count). The molecule has 1 aliphatic heterocycles. The van der Waals surface area contributed by atoms with Gasteiger partial charge in [0.25, 0.3) is 0 Å². The molecule has 80 valence electrons. The number of fused-ring (bicyclic) bond motifs is 1. The lowest BCUT2D eigenvalue weighted by Crippen LogP contribution is -2.26. The average Bonchev–Trinajstić information content (AvgIpc) is 2.68. The van der Waals surface area contributed by atoms with Crippen molar-refractivity contribution in [3.63, 3.8) is 0 Å². The first-order chi connectivity index (χ1) is 7.78. The van der Waals surface area contributed by atoms with Gasteiger partial charge in [-0.3, -0.25) is 0 Å². The summed E-state index contributed by atoms with van der Waals surface area (Å²) in [5.41, 5.74) is 2.34. The summed E-state index contributed by atoms with van der Waals surface area (Å²) in [4.78, 5) is 0. The second-order valence-electron chi connectivity index (χ2n) is 4.48. The van der Waals surface area contributed by atoms with Crippen molar-refractivity contribution >= 4 is 0 Å². The van der Waals surface area contributed by atoms with E-state index in [2.05, 4.69) is 43.3 Å². The maximum Gasteiger partial charge on any atom is 0.135 e. The van der Waals surface area contributed by atoms with Crippen molar-refractivity contribution in [2.75, 3.05) is 0 Å². The van der Waals surface area contributed by atoms with Gasteiger partial charge >= 0.3 is 0 Å². The van der Waals surface area contributed by atoms with Gasteiger partial charge in [-0.25, -0.2) is 0 Å². The minimum absolute atomic E-state index is 0.203. The van der Waals surface area contributed by atoms with E-state index < -0.39 is 0 Å². The monoisotopic (exact) mass is 210 g/mol. The molecule has 0 amide bonds. The largest absolute Gasteiger partial charge is 0.482 e. The Balaban J connectivity index is 2.01. The smallest absolute Gasteiger partial charge is 0.135 e. The van der Waals surface area contributed by atoms with Crippen LogP contribution in [0.4, 0.5) is 0 Å². The maximum atomic E-state index is 6.08. The summed E-state index contributed by atoms with van der Waals surface area (Å²) in [6.45, 7) is 2.16. The molecular formula is C15H14O. The van der Waals surface area contributed by atoms with Crippen LogP contribution in [0.15, 0.2) is 54.6 Å². The molecule has 0 N–H and O–H groups in total. The first kappa shape index (κ1) is 9.46. The molecule has 1 heteroatoms. The predicted molar refractivity (Wildman–Crippen MR) is 64.6 cm³/mol. The Kier molecular flexibility index (Phi) is 2.00. The fourth-order valence-corrected chi connectivity index (χ4v) is 2.34. The zero-order valence-corrected chi connectivity index (χ0v) is 9.31. The highest BCUT2D eigenvalue weighted by atomic mass is 16.5. The number of benzene rings is 2. The fraction of sp³-hybridized carbons (Fsp3) is 0.200. The third-order valence-corrected chi connectivity index (χ3v) is 3.22. The zero-order chi connectivity index (χ0) is 11.0. The van der Waals surface area contributed by atoms with Gasteiger partial charge in [-0.1, -0.05) is 48.5 Å². The van der Waals surface area contributed by atoms with Crippen LogP contribution in [0.25, 0.3) is 0 Å². The Morgan fingerprint density at radius 3 is 2.38 bits per heavy atom. The van der Waals surface area contributed by atoms with E-state index >= 15 is 0 Å². The van der Waals surface area contributed by atoms with E-state index in [4.69, 9.17) is 4.74 Å². The van der Waals surface area contributed by atoms with Crippen LogP contribution in [0.5, 0.6) is 5.75 Å². The fourth-order valence-electron chi connectivity index (χ4n) is 2.34. The van der Waals surface area contributed by atoms with Gasteiger partial charge in [0.15, 0.2) is 0 Å². The normalized spacial score (nSPS) is 22.6. The van der Waals surface area contributed by atoms with Crippen molar-refractivity contribution in [1.29, 1.82) is 0 Å². The molecule has 2 aromatic rings. The Morgan fingerprint density at radius 1 is 0.938 bits per heavy atom. The van der Waals surface area contributed by atoms with Crippen molar-refractivity contribution in [1.82, 2.24) is 0 Å². The number of ether oxygens (including phenoxy) is 1. The van der Waals surface area contributed by atoms with Crippen LogP contribution in [0.1, 0.15) is 18.1 Å². The molecule has 0 saturated carbocycles. The molecule has 1 heterocycles. The lowest BCUT2D eigenvalue weighted by Gasteiger charge is -2.24. The average molecular weight is 210 g/mol. The lowest BCUT2D eigenvalue weighted by atomic mass is 9.91. The highest BCUT2D eigenvalue weighted by Gasteiger charge is 2.35. The topological polar surface area (TPSA) is 9.23 Å². The molecule has 1 unspecified atom stereocenters. The number of hydrogen-bond donors (Lipinski definition) is 0. The number of hydrogen-bond acceptors (Lipinski definition) is 1. The third-order valence-electron chi connectivity index (χ3n) is 3.22. The maximum absolute atomic E-state index is 6.08. The van der Waals surface area contributed by atoms with Gasteiger partial charge in [0.05, 0.1) is 0 Å². The van der Waals surface area contributed by atoms with Gasteiger partial charge in [-0.15, -0.1) is 0 Å². The number of para-hydroxylation sites is 1. The van der Waals surface area contributed by atoms with Crippen LogP contribution in [-0.2, 0) is 12.0 Å². The van der Waals surface area contributed by atoms with Crippen LogP contribution in [-0.4, -0.2) is 0 Å². The molecule has 0 saturated heterocycles. The molecule has 1 aliphatic rings. The molecule has 0 bridgehead atoms. The van der Waals surface area contributed by atoms with Crippen LogP contribution in [0.2, 0.25) is 0 Å². The Bertz CT molecular complexity index is 477. The molecular weight excluding hydrogens is 196 g/mol. The van der Waals surface area contributed by atoms with Crippen molar-refractivity contribution in [2.24, 2.45) is 0 Å². The quantitative estimate of drug-likeness (QED) is 0.699. The molecule has 0 spiro atoms. The second-order valence-corrected chi connectivity index (χ2v) is 4.48. The van der Waals surface area contributed by atoms with E-state index in [0.29, 0.717) is 0 Å². The first-order valence-electron chi connectivity index (χ1n) is 5.60. The highest BCUT2D eigenvalue weighted by Crippen LogP contribution is 2.40. The van der Waals surface area contributed by atoms with Gasteiger partial charge < -0.3 is 4.74 Å². The van der Waals surface area contributed by atoms with E-state index in [1.54, 1.807) is 0 Å². The van der Waals surface area contributed by atoms with E-state index in [1.807, 2.05) is 18.2 Å². The van der Waals surface area contributed by atoms with Crippen LogP contribution in [0.3, 0.4) is 0 Å². The van der Waals surface area contributed by atoms with Crippen molar-refractivity contribution < 1.29 is 4.74 Å². The van der Waals surface area contributed by atoms with Gasteiger partial charge in [0.2, 0.25) is 0 Å². The van der Waals surface area contributed by atoms with Gasteiger partial charge in [-0.05, 0) is 24.1 Å². The predicted octanol–water partition coefficient (Wildman–Crippen LogP) is 3.54. The second kappa shape index (κ2) is 3.38. The minimum Gasteiger partial charge on any atom is -0.482 e. The SMILES string of the molecule is CC1(c2ccccc2)Cc2ccccc2O1. The Morgan fingerprint density at radius 2 is 1.62 bits per heavy atom. The lowest BCUT2D eigenvalue weighted by molar-refractivity contribution is 0.116. The first-order valence-corrected chi connectivity index (χ1v) is 5.60. The summed E-state index contributed by atoms with van der Waals surface area (Å²) in [6, 6.07) is 18.7. The van der Waals surface area contributed by atoms with Crippen molar-refractivity contribution in [2.45, 2.75) is 18.9 Å². The zero-order valence-electron chi connectivity index (χ0n) is 9.31. The Hall–Kier alpha value is -1.76. The molecule has 0 fully saturated rings. The van der Waals surface area contributed by atoms with Crippen molar-refractivity contribution in [3.8, 4) is 5.75 Å². The van der Waals surface area contributed by atoms with E-state index in [0.717, 1.165) is 12.2 Å². The van der Waals surface area contributed by atoms with Crippen molar-refractivity contribution in [3.05, 3.63) is 65.7 Å². The number of rotatable bonds is 1. The molecule has 1 atom stereocenters. The van der Waals surface area contributed by atoms with Crippen LogP contribution >= 0.6 is 0 Å². The van der Waals surface area contributed by atoms with Crippen LogP contribution < -0.4 is 4.74 Å². The van der Waals surface area contributed by atoms with Crippen LogP contribution in [0, 0.1) is 0 Å². The summed E-state index contributed by atoms with van der Waals surface area (Å²) < 4.78 is 6.08. The van der Waals surface area contributed by atoms with Gasteiger partial charge in [0.1, 0.15) is 11.4 Å². The molecule has 1 nitrogen and oxygen atoms in total. The minimum atomic E-state index is -0.203.